The Kier molecular flexibility index (Phi) is 3.99. The molecule has 0 saturated carbocycles. The summed E-state index contributed by atoms with van der Waals surface area (Å²) in [6.45, 7) is 10.3. The fourth-order valence-corrected chi connectivity index (χ4v) is 3.64. The van der Waals surface area contributed by atoms with Crippen LogP contribution in [0.1, 0.15) is 55.4 Å². The number of anilines is 1. The lowest BCUT2D eigenvalue weighted by molar-refractivity contribution is 0.305. The highest BCUT2D eigenvalue weighted by molar-refractivity contribution is 5.57. The van der Waals surface area contributed by atoms with E-state index in [9.17, 15) is 0 Å². The first-order chi connectivity index (χ1) is 10.4. The first-order valence-electron chi connectivity index (χ1n) is 8.36. The Labute approximate surface area is 134 Å². The molecule has 2 aromatic rings. The van der Waals surface area contributed by atoms with Gasteiger partial charge >= 0.3 is 0 Å². The van der Waals surface area contributed by atoms with Crippen molar-refractivity contribution in [2.75, 3.05) is 11.9 Å². The van der Waals surface area contributed by atoms with E-state index < -0.39 is 0 Å². The van der Waals surface area contributed by atoms with Crippen LogP contribution in [0.2, 0.25) is 0 Å². The van der Waals surface area contributed by atoms with Crippen molar-refractivity contribution in [3.8, 4) is 0 Å². The molecule has 22 heavy (non-hydrogen) atoms. The molecule has 0 amide bonds. The summed E-state index contributed by atoms with van der Waals surface area (Å²) >= 11 is 0. The number of rotatable bonds is 2. The predicted octanol–water partition coefficient (Wildman–Crippen LogP) is 5.53. The zero-order chi connectivity index (χ0) is 15.7. The van der Waals surface area contributed by atoms with Crippen molar-refractivity contribution in [3.63, 3.8) is 0 Å². The summed E-state index contributed by atoms with van der Waals surface area (Å²) < 4.78 is 0. The molecule has 0 radical (unpaired) electrons. The van der Waals surface area contributed by atoms with E-state index in [1.165, 1.54) is 34.4 Å². The molecule has 116 valence electrons. The summed E-state index contributed by atoms with van der Waals surface area (Å²) in [6, 6.07) is 15.8. The van der Waals surface area contributed by atoms with Gasteiger partial charge in [-0.2, -0.15) is 0 Å². The number of hydrogen-bond donors (Lipinski definition) is 1. The van der Waals surface area contributed by atoms with Gasteiger partial charge < -0.3 is 5.32 Å². The zero-order valence-electron chi connectivity index (χ0n) is 14.2. The maximum absolute atomic E-state index is 3.56. The fraction of sp³-hybridized carbons (Fsp3) is 0.429. The molecule has 1 aliphatic rings. The van der Waals surface area contributed by atoms with Crippen LogP contribution in [0.5, 0.6) is 0 Å². The van der Waals surface area contributed by atoms with Crippen molar-refractivity contribution >= 4 is 5.69 Å². The van der Waals surface area contributed by atoms with Crippen LogP contribution in [0.15, 0.2) is 42.5 Å². The third-order valence-corrected chi connectivity index (χ3v) is 4.78. The summed E-state index contributed by atoms with van der Waals surface area (Å²) in [7, 11) is 0. The minimum Gasteiger partial charge on any atom is -0.385 e. The van der Waals surface area contributed by atoms with Crippen LogP contribution in [-0.2, 0) is 6.42 Å². The van der Waals surface area contributed by atoms with Gasteiger partial charge in [-0.1, -0.05) is 62.7 Å². The Balaban J connectivity index is 1.92. The van der Waals surface area contributed by atoms with Crippen LogP contribution in [0.25, 0.3) is 0 Å². The fourth-order valence-electron chi connectivity index (χ4n) is 3.64. The van der Waals surface area contributed by atoms with Crippen molar-refractivity contribution in [3.05, 3.63) is 64.7 Å². The zero-order valence-corrected chi connectivity index (χ0v) is 14.2. The minimum atomic E-state index is 0.318. The second-order valence-corrected chi connectivity index (χ2v) is 7.72. The first-order valence-corrected chi connectivity index (χ1v) is 8.36. The SMILES string of the molecule is Cc1cccc(Cc2ccc3c(c2)C(C(C)(C)C)CCN3)c1. The molecule has 0 aromatic heterocycles. The van der Waals surface area contributed by atoms with Gasteiger partial charge in [-0.3, -0.25) is 0 Å². The number of fused-ring (bicyclic) bond motifs is 1. The lowest BCUT2D eigenvalue weighted by Gasteiger charge is -2.36. The Hall–Kier alpha value is -1.76. The van der Waals surface area contributed by atoms with E-state index in [0.29, 0.717) is 11.3 Å². The van der Waals surface area contributed by atoms with Gasteiger partial charge in [-0.15, -0.1) is 0 Å². The predicted molar refractivity (Wildman–Crippen MR) is 95.7 cm³/mol. The van der Waals surface area contributed by atoms with Crippen molar-refractivity contribution in [1.29, 1.82) is 0 Å². The van der Waals surface area contributed by atoms with E-state index in [-0.39, 0.29) is 0 Å². The molecule has 2 aromatic carbocycles. The molecule has 0 saturated heterocycles. The van der Waals surface area contributed by atoms with Crippen molar-refractivity contribution in [2.45, 2.75) is 46.5 Å². The summed E-state index contributed by atoms with van der Waals surface area (Å²) in [4.78, 5) is 0. The molecular weight excluding hydrogens is 266 g/mol. The number of aryl methyl sites for hydroxylation is 1. The maximum atomic E-state index is 3.56. The van der Waals surface area contributed by atoms with Crippen LogP contribution in [-0.4, -0.2) is 6.54 Å². The Bertz CT molecular complexity index is 664. The minimum absolute atomic E-state index is 0.318. The quantitative estimate of drug-likeness (QED) is 0.767. The van der Waals surface area contributed by atoms with E-state index in [1.807, 2.05) is 0 Å². The monoisotopic (exact) mass is 293 g/mol. The van der Waals surface area contributed by atoms with Crippen LogP contribution >= 0.6 is 0 Å². The molecule has 0 aliphatic carbocycles. The molecule has 0 bridgehead atoms. The number of benzene rings is 2. The molecule has 1 atom stereocenters. The average Bonchev–Trinajstić information content (AvgIpc) is 2.45. The first kappa shape index (κ1) is 15.1. The molecule has 1 aliphatic heterocycles. The maximum Gasteiger partial charge on any atom is 0.0375 e. The molecule has 1 nitrogen and oxygen atoms in total. The van der Waals surface area contributed by atoms with Gasteiger partial charge in [0.1, 0.15) is 0 Å². The third kappa shape index (κ3) is 3.19. The van der Waals surface area contributed by atoms with E-state index in [2.05, 4.69) is 75.5 Å². The molecule has 0 spiro atoms. The normalized spacial score (nSPS) is 17.7. The van der Waals surface area contributed by atoms with Crippen molar-refractivity contribution < 1.29 is 0 Å². The highest BCUT2D eigenvalue weighted by Crippen LogP contribution is 2.43. The average molecular weight is 293 g/mol. The largest absolute Gasteiger partial charge is 0.385 e. The van der Waals surface area contributed by atoms with E-state index in [1.54, 1.807) is 0 Å². The van der Waals surface area contributed by atoms with Crippen LogP contribution < -0.4 is 5.32 Å². The van der Waals surface area contributed by atoms with Gasteiger partial charge in [0.25, 0.3) is 0 Å². The standard InChI is InChI=1S/C21H27N/c1-15-6-5-7-16(12-15)13-17-8-9-20-18(14-17)19(10-11-22-20)21(2,3)4/h5-9,12,14,19,22H,10-11,13H2,1-4H3. The summed E-state index contributed by atoms with van der Waals surface area (Å²) in [6.07, 6.45) is 2.25. The summed E-state index contributed by atoms with van der Waals surface area (Å²) in [5, 5.41) is 3.56. The van der Waals surface area contributed by atoms with E-state index >= 15 is 0 Å². The number of hydrogen-bond acceptors (Lipinski definition) is 1. The molecule has 1 N–H and O–H groups in total. The van der Waals surface area contributed by atoms with Gasteiger partial charge in [-0.05, 0) is 53.9 Å². The topological polar surface area (TPSA) is 12.0 Å². The highest BCUT2D eigenvalue weighted by atomic mass is 14.9. The molecule has 0 fully saturated rings. The van der Waals surface area contributed by atoms with Crippen LogP contribution in [0.3, 0.4) is 0 Å². The van der Waals surface area contributed by atoms with Gasteiger partial charge in [-0.25, -0.2) is 0 Å². The summed E-state index contributed by atoms with van der Waals surface area (Å²) in [5.41, 5.74) is 7.31. The highest BCUT2D eigenvalue weighted by Gasteiger charge is 2.30. The van der Waals surface area contributed by atoms with Gasteiger partial charge in [0, 0.05) is 12.2 Å². The Morgan fingerprint density at radius 2 is 1.82 bits per heavy atom. The van der Waals surface area contributed by atoms with Gasteiger partial charge in [0.15, 0.2) is 0 Å². The molecule has 1 heteroatoms. The number of nitrogens with one attached hydrogen (secondary N) is 1. The third-order valence-electron chi connectivity index (χ3n) is 4.78. The lowest BCUT2D eigenvalue weighted by Crippen LogP contribution is -2.26. The molecule has 3 rings (SSSR count). The van der Waals surface area contributed by atoms with Crippen molar-refractivity contribution in [1.82, 2.24) is 0 Å². The second-order valence-electron chi connectivity index (χ2n) is 7.72. The smallest absolute Gasteiger partial charge is 0.0375 e. The second kappa shape index (κ2) is 5.79. The van der Waals surface area contributed by atoms with Gasteiger partial charge in [0.05, 0.1) is 0 Å². The molecule has 1 unspecified atom stereocenters. The van der Waals surface area contributed by atoms with Crippen LogP contribution in [0, 0.1) is 12.3 Å². The lowest BCUT2D eigenvalue weighted by atomic mass is 9.72. The van der Waals surface area contributed by atoms with Gasteiger partial charge in [0.2, 0.25) is 0 Å². The van der Waals surface area contributed by atoms with E-state index in [4.69, 9.17) is 0 Å². The van der Waals surface area contributed by atoms with E-state index in [0.717, 1.165) is 13.0 Å². The Morgan fingerprint density at radius 1 is 1.05 bits per heavy atom. The molecule has 1 heterocycles. The Morgan fingerprint density at radius 3 is 2.55 bits per heavy atom. The molecular formula is C21H27N. The summed E-state index contributed by atoms with van der Waals surface area (Å²) in [5.74, 6) is 0.640. The van der Waals surface area contributed by atoms with Crippen molar-refractivity contribution in [2.24, 2.45) is 5.41 Å². The van der Waals surface area contributed by atoms with Crippen LogP contribution in [0.4, 0.5) is 5.69 Å².